The summed E-state index contributed by atoms with van der Waals surface area (Å²) in [6, 6.07) is 0. The normalized spacial score (nSPS) is 11.4. The maximum absolute atomic E-state index is 11.8. The summed E-state index contributed by atoms with van der Waals surface area (Å²) in [5, 5.41) is 0. The molecule has 0 bridgehead atoms. The van der Waals surface area contributed by atoms with E-state index in [9.17, 15) is 9.59 Å². The van der Waals surface area contributed by atoms with Crippen LogP contribution in [0.15, 0.2) is 0 Å². The highest BCUT2D eigenvalue weighted by Gasteiger charge is 2.11. The second-order valence-electron chi connectivity index (χ2n) is 12.1. The molecule has 4 heteroatoms. The van der Waals surface area contributed by atoms with Gasteiger partial charge in [0.05, 0.1) is 13.2 Å². The fraction of sp³-hybridized carbons (Fsp3) is 0.939. The number of esters is 2. The molecule has 0 spiro atoms. The van der Waals surface area contributed by atoms with E-state index in [0.717, 1.165) is 37.5 Å². The third-order valence-electron chi connectivity index (χ3n) is 7.17. The number of hydrogen-bond donors (Lipinski definition) is 0. The smallest absolute Gasteiger partial charge is 0.317 e. The minimum atomic E-state index is -0.452. The van der Waals surface area contributed by atoms with E-state index in [2.05, 4.69) is 27.7 Å². The first kappa shape index (κ1) is 35.9. The molecular weight excluding hydrogens is 460 g/mol. The molecule has 0 radical (unpaired) electrons. The molecule has 0 aliphatic rings. The molecule has 37 heavy (non-hydrogen) atoms. The largest absolute Gasteiger partial charge is 0.465 e. The Kier molecular flexibility index (Phi) is 27.2. The van der Waals surface area contributed by atoms with Gasteiger partial charge in [-0.1, -0.05) is 156 Å². The average molecular weight is 525 g/mol. The Balaban J connectivity index is 3.30. The molecule has 0 aliphatic heterocycles. The minimum Gasteiger partial charge on any atom is -0.465 e. The van der Waals surface area contributed by atoms with Crippen molar-refractivity contribution in [1.29, 1.82) is 0 Å². The van der Waals surface area contributed by atoms with Gasteiger partial charge in [-0.2, -0.15) is 0 Å². The Morgan fingerprint density at radius 2 is 0.649 bits per heavy atom. The van der Waals surface area contributed by atoms with Gasteiger partial charge in [0.2, 0.25) is 0 Å². The average Bonchev–Trinajstić information content (AvgIpc) is 2.84. The van der Waals surface area contributed by atoms with E-state index in [0.29, 0.717) is 13.2 Å². The van der Waals surface area contributed by atoms with E-state index in [1.165, 1.54) is 116 Å². The lowest BCUT2D eigenvalue weighted by Gasteiger charge is -2.07. The third-order valence-corrected chi connectivity index (χ3v) is 7.17. The van der Waals surface area contributed by atoms with Crippen LogP contribution >= 0.6 is 0 Å². The fourth-order valence-corrected chi connectivity index (χ4v) is 4.73. The minimum absolute atomic E-state index is 0.256. The van der Waals surface area contributed by atoms with E-state index < -0.39 is 11.9 Å². The predicted octanol–water partition coefficient (Wildman–Crippen LogP) is 10.4. The Labute approximate surface area is 231 Å². The molecule has 0 aromatic heterocycles. The Bertz CT molecular complexity index is 457. The Hall–Kier alpha value is -1.06. The van der Waals surface area contributed by atoms with Crippen LogP contribution < -0.4 is 0 Å². The summed E-state index contributed by atoms with van der Waals surface area (Å²) < 4.78 is 10.4. The van der Waals surface area contributed by atoms with Crippen molar-refractivity contribution in [1.82, 2.24) is 0 Å². The summed E-state index contributed by atoms with van der Waals surface area (Å²) >= 11 is 0. The van der Waals surface area contributed by atoms with Gasteiger partial charge in [-0.15, -0.1) is 0 Å². The summed E-state index contributed by atoms with van der Waals surface area (Å²) in [5.41, 5.74) is 0. The number of carbonyl (C=O) groups excluding carboxylic acids is 2. The van der Waals surface area contributed by atoms with Crippen molar-refractivity contribution in [3.05, 3.63) is 0 Å². The fourth-order valence-electron chi connectivity index (χ4n) is 4.73. The molecule has 0 aliphatic carbocycles. The quantitative estimate of drug-likeness (QED) is 0.0580. The number of ether oxygens (including phenoxy) is 2. The SMILES string of the molecule is CC(C)CCCCCCCCCCCCOC(=O)CC(=O)OCCCCCCCCCCCCC(C)C. The highest BCUT2D eigenvalue weighted by Crippen LogP contribution is 2.15. The van der Waals surface area contributed by atoms with Crippen LogP contribution in [0.25, 0.3) is 0 Å². The van der Waals surface area contributed by atoms with E-state index in [-0.39, 0.29) is 6.42 Å². The van der Waals surface area contributed by atoms with Gasteiger partial charge in [0, 0.05) is 0 Å². The highest BCUT2D eigenvalue weighted by atomic mass is 16.6. The van der Waals surface area contributed by atoms with Crippen molar-refractivity contribution < 1.29 is 19.1 Å². The van der Waals surface area contributed by atoms with Crippen LogP contribution in [0.5, 0.6) is 0 Å². The molecule has 0 N–H and O–H groups in total. The molecule has 0 aromatic carbocycles. The van der Waals surface area contributed by atoms with Crippen LogP contribution in [-0.4, -0.2) is 25.2 Å². The zero-order valence-corrected chi connectivity index (χ0v) is 25.5. The monoisotopic (exact) mass is 524 g/mol. The van der Waals surface area contributed by atoms with Crippen molar-refractivity contribution >= 4 is 11.9 Å². The molecule has 0 atom stereocenters. The van der Waals surface area contributed by atoms with E-state index in [1.807, 2.05) is 0 Å². The number of hydrogen-bond acceptors (Lipinski definition) is 4. The summed E-state index contributed by atoms with van der Waals surface area (Å²) in [7, 11) is 0. The van der Waals surface area contributed by atoms with E-state index >= 15 is 0 Å². The lowest BCUT2D eigenvalue weighted by molar-refractivity contribution is -0.154. The summed E-state index contributed by atoms with van der Waals surface area (Å²) in [6.45, 7) is 10.0. The molecule has 0 fully saturated rings. The first-order valence-corrected chi connectivity index (χ1v) is 16.2. The van der Waals surface area contributed by atoms with Gasteiger partial charge in [-0.05, 0) is 24.7 Å². The molecule has 220 valence electrons. The van der Waals surface area contributed by atoms with Crippen LogP contribution in [0.2, 0.25) is 0 Å². The van der Waals surface area contributed by atoms with E-state index in [4.69, 9.17) is 9.47 Å². The topological polar surface area (TPSA) is 52.6 Å². The van der Waals surface area contributed by atoms with Gasteiger partial charge < -0.3 is 9.47 Å². The Morgan fingerprint density at radius 3 is 0.919 bits per heavy atom. The lowest BCUT2D eigenvalue weighted by Crippen LogP contribution is -2.15. The van der Waals surface area contributed by atoms with Crippen molar-refractivity contribution in [2.75, 3.05) is 13.2 Å². The van der Waals surface area contributed by atoms with Gasteiger partial charge in [0.1, 0.15) is 6.42 Å². The molecule has 0 saturated heterocycles. The standard InChI is InChI=1S/C33H64O4/c1-30(2)25-21-17-13-9-5-7-11-15-19-23-27-36-32(34)29-33(35)37-28-24-20-16-12-8-6-10-14-18-22-26-31(3)4/h30-31H,5-29H2,1-4H3. The second kappa shape index (κ2) is 28.0. The van der Waals surface area contributed by atoms with Crippen LogP contribution in [0.4, 0.5) is 0 Å². The van der Waals surface area contributed by atoms with Crippen molar-refractivity contribution in [3.63, 3.8) is 0 Å². The predicted molar refractivity (Wildman–Crippen MR) is 158 cm³/mol. The van der Waals surface area contributed by atoms with Gasteiger partial charge >= 0.3 is 11.9 Å². The zero-order chi connectivity index (χ0) is 27.4. The van der Waals surface area contributed by atoms with Crippen LogP contribution in [0, 0.1) is 11.8 Å². The molecule has 0 rings (SSSR count). The van der Waals surface area contributed by atoms with Gasteiger partial charge in [0.15, 0.2) is 0 Å². The zero-order valence-electron chi connectivity index (χ0n) is 25.5. The second-order valence-corrected chi connectivity index (χ2v) is 12.1. The third kappa shape index (κ3) is 31.1. The molecular formula is C33H64O4. The lowest BCUT2D eigenvalue weighted by atomic mass is 10.0. The highest BCUT2D eigenvalue weighted by molar-refractivity contribution is 5.91. The number of unbranched alkanes of at least 4 members (excludes halogenated alkanes) is 18. The van der Waals surface area contributed by atoms with Crippen LogP contribution in [0.3, 0.4) is 0 Å². The molecule has 4 nitrogen and oxygen atoms in total. The maximum Gasteiger partial charge on any atom is 0.317 e. The maximum atomic E-state index is 11.8. The van der Waals surface area contributed by atoms with Crippen LogP contribution in [0.1, 0.15) is 175 Å². The van der Waals surface area contributed by atoms with Gasteiger partial charge in [0.25, 0.3) is 0 Å². The molecule has 0 saturated carbocycles. The first-order chi connectivity index (χ1) is 17.9. The Morgan fingerprint density at radius 1 is 0.405 bits per heavy atom. The van der Waals surface area contributed by atoms with Crippen molar-refractivity contribution in [2.45, 2.75) is 175 Å². The van der Waals surface area contributed by atoms with Gasteiger partial charge in [-0.25, -0.2) is 0 Å². The summed E-state index contributed by atoms with van der Waals surface area (Å²) in [6.07, 6.45) is 27.7. The van der Waals surface area contributed by atoms with Crippen molar-refractivity contribution in [3.8, 4) is 0 Å². The molecule has 0 unspecified atom stereocenters. The van der Waals surface area contributed by atoms with Crippen molar-refractivity contribution in [2.24, 2.45) is 11.8 Å². The first-order valence-electron chi connectivity index (χ1n) is 16.2. The molecule has 0 heterocycles. The molecule has 0 aromatic rings. The number of carbonyl (C=O) groups is 2. The summed E-state index contributed by atoms with van der Waals surface area (Å²) in [4.78, 5) is 23.6. The van der Waals surface area contributed by atoms with E-state index in [1.54, 1.807) is 0 Å². The molecule has 0 amide bonds. The van der Waals surface area contributed by atoms with Crippen LogP contribution in [-0.2, 0) is 19.1 Å². The summed E-state index contributed by atoms with van der Waals surface area (Å²) in [5.74, 6) is 0.774. The van der Waals surface area contributed by atoms with Gasteiger partial charge in [-0.3, -0.25) is 9.59 Å². The number of rotatable bonds is 28.